The smallest absolute Gasteiger partial charge is 0.251 e. The summed E-state index contributed by atoms with van der Waals surface area (Å²) in [5.41, 5.74) is 1.40. The molecule has 2 aliphatic heterocycles. The molecule has 0 spiro atoms. The molecule has 0 bridgehead atoms. The molecule has 3 atom stereocenters. The second-order valence-electron chi connectivity index (χ2n) is 8.70. The van der Waals surface area contributed by atoms with Gasteiger partial charge in [0.25, 0.3) is 5.91 Å². The van der Waals surface area contributed by atoms with E-state index in [4.69, 9.17) is 21.1 Å². The highest BCUT2D eigenvalue weighted by Gasteiger charge is 2.28. The lowest BCUT2D eigenvalue weighted by molar-refractivity contribution is 0.0885. The second-order valence-corrected chi connectivity index (χ2v) is 9.13. The van der Waals surface area contributed by atoms with Crippen LogP contribution in [0.3, 0.4) is 0 Å². The van der Waals surface area contributed by atoms with Gasteiger partial charge in [-0.15, -0.1) is 0 Å². The van der Waals surface area contributed by atoms with Gasteiger partial charge in [-0.25, -0.2) is 9.97 Å². The maximum absolute atomic E-state index is 12.5. The molecule has 0 aliphatic carbocycles. The number of piperidine rings is 1. The standard InChI is InChI=1S/C24H31ClN4O4/c1-16-11-19(7-8-20(16)23(31)28-21-14-32-15-22(21)30)33-10-4-6-18-5-2-3-9-29(18)24-26-12-17(25)13-27-24/h7-8,11-13,18,21-22,30H,2-6,9-10,14-15H2,1H3,(H,28,31)/t18?,21-,22-/m0/s1. The number of aromatic nitrogens is 2. The van der Waals surface area contributed by atoms with Crippen LogP contribution in [-0.2, 0) is 4.74 Å². The van der Waals surface area contributed by atoms with Crippen LogP contribution in [-0.4, -0.2) is 65.5 Å². The number of benzene rings is 1. The number of ether oxygens (including phenoxy) is 2. The number of aryl methyl sites for hydroxylation is 1. The SMILES string of the molecule is Cc1cc(OCCCC2CCCCN2c2ncc(Cl)cn2)ccc1C(=O)N[C@H]1COC[C@@H]1O. The molecule has 2 fully saturated rings. The van der Waals surface area contributed by atoms with E-state index in [1.54, 1.807) is 18.5 Å². The lowest BCUT2D eigenvalue weighted by Gasteiger charge is -2.35. The molecule has 2 aliphatic rings. The number of aliphatic hydroxyl groups excluding tert-OH is 1. The monoisotopic (exact) mass is 474 g/mol. The van der Waals surface area contributed by atoms with E-state index >= 15 is 0 Å². The Balaban J connectivity index is 1.26. The van der Waals surface area contributed by atoms with E-state index in [1.807, 2.05) is 19.1 Å². The lowest BCUT2D eigenvalue weighted by Crippen LogP contribution is -2.42. The van der Waals surface area contributed by atoms with Gasteiger partial charge in [0.15, 0.2) is 0 Å². The van der Waals surface area contributed by atoms with Crippen LogP contribution >= 0.6 is 11.6 Å². The Morgan fingerprint density at radius 3 is 2.85 bits per heavy atom. The molecule has 0 radical (unpaired) electrons. The zero-order valence-corrected chi connectivity index (χ0v) is 19.6. The number of hydrogen-bond donors (Lipinski definition) is 2. The molecule has 4 rings (SSSR count). The highest BCUT2D eigenvalue weighted by Crippen LogP contribution is 2.25. The number of rotatable bonds is 8. The van der Waals surface area contributed by atoms with Gasteiger partial charge in [0.2, 0.25) is 5.95 Å². The van der Waals surface area contributed by atoms with E-state index in [2.05, 4.69) is 20.2 Å². The molecule has 2 aromatic rings. The van der Waals surface area contributed by atoms with Crippen LogP contribution in [0.2, 0.25) is 5.02 Å². The van der Waals surface area contributed by atoms with Gasteiger partial charge in [-0.3, -0.25) is 4.79 Å². The maximum Gasteiger partial charge on any atom is 0.251 e. The van der Waals surface area contributed by atoms with Gasteiger partial charge in [-0.05, 0) is 62.8 Å². The number of anilines is 1. The van der Waals surface area contributed by atoms with Crippen LogP contribution in [0.1, 0.15) is 48.0 Å². The molecular weight excluding hydrogens is 444 g/mol. The first-order valence-electron chi connectivity index (χ1n) is 11.6. The van der Waals surface area contributed by atoms with Crippen LogP contribution in [0.25, 0.3) is 0 Å². The van der Waals surface area contributed by atoms with E-state index in [1.165, 1.54) is 6.42 Å². The van der Waals surface area contributed by atoms with Gasteiger partial charge < -0.3 is 24.8 Å². The predicted octanol–water partition coefficient (Wildman–Crippen LogP) is 3.15. The van der Waals surface area contributed by atoms with Gasteiger partial charge in [0.1, 0.15) is 5.75 Å². The Labute approximate surface area is 199 Å². The quantitative estimate of drug-likeness (QED) is 0.567. The summed E-state index contributed by atoms with van der Waals surface area (Å²) in [6, 6.07) is 5.49. The molecule has 1 unspecified atom stereocenters. The average molecular weight is 475 g/mol. The molecule has 2 N–H and O–H groups in total. The van der Waals surface area contributed by atoms with Crippen molar-refractivity contribution in [1.29, 1.82) is 0 Å². The fourth-order valence-corrected chi connectivity index (χ4v) is 4.53. The third-order valence-corrected chi connectivity index (χ3v) is 6.45. The van der Waals surface area contributed by atoms with Crippen molar-refractivity contribution in [3.05, 3.63) is 46.7 Å². The van der Waals surface area contributed by atoms with Crippen molar-refractivity contribution in [2.45, 2.75) is 57.2 Å². The molecule has 1 aromatic carbocycles. The van der Waals surface area contributed by atoms with E-state index < -0.39 is 6.10 Å². The van der Waals surface area contributed by atoms with Crippen LogP contribution in [0.5, 0.6) is 5.75 Å². The third kappa shape index (κ3) is 6.13. The third-order valence-electron chi connectivity index (χ3n) is 6.25. The number of nitrogens with zero attached hydrogens (tertiary/aromatic N) is 3. The molecule has 3 heterocycles. The second kappa shape index (κ2) is 11.1. The molecule has 178 valence electrons. The fourth-order valence-electron chi connectivity index (χ4n) is 4.43. The van der Waals surface area contributed by atoms with Crippen molar-refractivity contribution in [2.24, 2.45) is 0 Å². The Hall–Kier alpha value is -2.42. The first-order valence-corrected chi connectivity index (χ1v) is 11.9. The Morgan fingerprint density at radius 2 is 2.12 bits per heavy atom. The van der Waals surface area contributed by atoms with E-state index in [0.29, 0.717) is 29.8 Å². The van der Waals surface area contributed by atoms with Gasteiger partial charge in [-0.1, -0.05) is 11.6 Å². The van der Waals surface area contributed by atoms with Gasteiger partial charge >= 0.3 is 0 Å². The van der Waals surface area contributed by atoms with Crippen molar-refractivity contribution in [3.8, 4) is 5.75 Å². The van der Waals surface area contributed by atoms with Gasteiger partial charge in [0, 0.05) is 18.2 Å². The zero-order chi connectivity index (χ0) is 23.2. The van der Waals surface area contributed by atoms with Crippen molar-refractivity contribution < 1.29 is 19.4 Å². The van der Waals surface area contributed by atoms with Crippen LogP contribution < -0.4 is 15.0 Å². The molecule has 9 heteroatoms. The van der Waals surface area contributed by atoms with Crippen LogP contribution in [0.15, 0.2) is 30.6 Å². The summed E-state index contributed by atoms with van der Waals surface area (Å²) < 4.78 is 11.2. The Kier molecular flexibility index (Phi) is 8.01. The van der Waals surface area contributed by atoms with Crippen LogP contribution in [0, 0.1) is 6.92 Å². The number of nitrogens with one attached hydrogen (secondary N) is 1. The maximum atomic E-state index is 12.5. The lowest BCUT2D eigenvalue weighted by atomic mass is 9.98. The van der Waals surface area contributed by atoms with Gasteiger partial charge in [0.05, 0.1) is 49.4 Å². The van der Waals surface area contributed by atoms with E-state index in [0.717, 1.165) is 49.5 Å². The molecular formula is C24H31ClN4O4. The normalized spacial score (nSPS) is 22.9. The van der Waals surface area contributed by atoms with Gasteiger partial charge in [-0.2, -0.15) is 0 Å². The summed E-state index contributed by atoms with van der Waals surface area (Å²) in [7, 11) is 0. The largest absolute Gasteiger partial charge is 0.494 e. The minimum atomic E-state index is -0.664. The number of carbonyl (C=O) groups excluding carboxylic acids is 1. The average Bonchev–Trinajstić information content (AvgIpc) is 3.22. The fraction of sp³-hybridized carbons (Fsp3) is 0.542. The number of halogens is 1. The summed E-state index contributed by atoms with van der Waals surface area (Å²) in [6.45, 7) is 4.02. The molecule has 0 saturated carbocycles. The summed E-state index contributed by atoms with van der Waals surface area (Å²) in [4.78, 5) is 23.6. The Bertz CT molecular complexity index is 943. The van der Waals surface area contributed by atoms with Crippen molar-refractivity contribution >= 4 is 23.5 Å². The van der Waals surface area contributed by atoms with Crippen LogP contribution in [0.4, 0.5) is 5.95 Å². The molecule has 1 amide bonds. The van der Waals surface area contributed by atoms with Crippen molar-refractivity contribution in [1.82, 2.24) is 15.3 Å². The minimum absolute atomic E-state index is 0.213. The number of aliphatic hydroxyl groups is 1. The number of carbonyl (C=O) groups is 1. The highest BCUT2D eigenvalue weighted by molar-refractivity contribution is 6.30. The summed E-state index contributed by atoms with van der Waals surface area (Å²) in [5, 5.41) is 13.2. The van der Waals surface area contributed by atoms with E-state index in [9.17, 15) is 9.90 Å². The van der Waals surface area contributed by atoms with E-state index in [-0.39, 0.29) is 18.6 Å². The summed E-state index contributed by atoms with van der Waals surface area (Å²) >= 11 is 5.93. The molecule has 2 saturated heterocycles. The minimum Gasteiger partial charge on any atom is -0.494 e. The number of amides is 1. The topological polar surface area (TPSA) is 96.8 Å². The summed E-state index contributed by atoms with van der Waals surface area (Å²) in [5.74, 6) is 1.27. The summed E-state index contributed by atoms with van der Waals surface area (Å²) in [6.07, 6.45) is 8.02. The first kappa shape index (κ1) is 23.7. The molecule has 33 heavy (non-hydrogen) atoms. The molecule has 1 aromatic heterocycles. The van der Waals surface area contributed by atoms with Crippen molar-refractivity contribution in [3.63, 3.8) is 0 Å². The molecule has 8 nitrogen and oxygen atoms in total. The highest BCUT2D eigenvalue weighted by atomic mass is 35.5. The Morgan fingerprint density at radius 1 is 1.30 bits per heavy atom. The van der Waals surface area contributed by atoms with Crippen molar-refractivity contribution in [2.75, 3.05) is 31.3 Å². The number of hydrogen-bond acceptors (Lipinski definition) is 7. The zero-order valence-electron chi connectivity index (χ0n) is 18.9. The first-order chi connectivity index (χ1) is 16.0. The predicted molar refractivity (Wildman–Crippen MR) is 126 cm³/mol.